The Bertz CT molecular complexity index is 1190. The highest BCUT2D eigenvalue weighted by atomic mass is 35.5. The van der Waals surface area contributed by atoms with Gasteiger partial charge in [-0.3, -0.25) is 14.4 Å². The van der Waals surface area contributed by atoms with E-state index in [2.05, 4.69) is 5.92 Å². The van der Waals surface area contributed by atoms with E-state index in [1.54, 1.807) is 18.2 Å². The van der Waals surface area contributed by atoms with Crippen molar-refractivity contribution in [3.05, 3.63) is 51.3 Å². The zero-order valence-electron chi connectivity index (χ0n) is 21.2. The van der Waals surface area contributed by atoms with Crippen LogP contribution in [0.15, 0.2) is 40.7 Å². The summed E-state index contributed by atoms with van der Waals surface area (Å²) in [6.07, 6.45) is 7.19. The molecule has 36 heavy (non-hydrogen) atoms. The Morgan fingerprint density at radius 3 is 2.14 bits per heavy atom. The van der Waals surface area contributed by atoms with Gasteiger partial charge in [-0.05, 0) is 41.9 Å². The maximum absolute atomic E-state index is 13.8. The first-order valence-corrected chi connectivity index (χ1v) is 12.6. The smallest absolute Gasteiger partial charge is 0.305 e. The summed E-state index contributed by atoms with van der Waals surface area (Å²) in [5, 5.41) is 9.95. The summed E-state index contributed by atoms with van der Waals surface area (Å²) in [5.41, 5.74) is 2.72. The van der Waals surface area contributed by atoms with E-state index in [4.69, 9.17) is 22.8 Å². The molecule has 0 atom stereocenters. The number of carboxylic acids is 1. The molecule has 1 aromatic rings. The second-order valence-corrected chi connectivity index (χ2v) is 11.9. The molecule has 1 heterocycles. The molecule has 0 aromatic heterocycles. The summed E-state index contributed by atoms with van der Waals surface area (Å²) in [6, 6.07) is 5.17. The molecule has 0 fully saturated rings. The van der Waals surface area contributed by atoms with Crippen LogP contribution in [0.2, 0.25) is 5.02 Å². The van der Waals surface area contributed by atoms with Gasteiger partial charge < -0.3 is 14.7 Å². The van der Waals surface area contributed by atoms with Crippen LogP contribution in [0.1, 0.15) is 71.3 Å². The molecule has 1 aliphatic heterocycles. The summed E-state index contributed by atoms with van der Waals surface area (Å²) in [6.45, 7) is 8.40. The van der Waals surface area contributed by atoms with E-state index in [-0.39, 0.29) is 42.0 Å². The molecule has 0 spiro atoms. The van der Waals surface area contributed by atoms with Crippen LogP contribution in [0.5, 0.6) is 5.75 Å². The predicted molar refractivity (Wildman–Crippen MR) is 138 cm³/mol. The van der Waals surface area contributed by atoms with Crippen LogP contribution in [-0.2, 0) is 14.4 Å². The van der Waals surface area contributed by atoms with Crippen molar-refractivity contribution in [1.82, 2.24) is 4.90 Å². The van der Waals surface area contributed by atoms with E-state index in [1.807, 2.05) is 32.6 Å². The standard InChI is InChI=1S/C29H32ClNO5/c1-6-11-36-23-8-7-17(30)12-18(23)25-26-19(13-28(2,3)15-21(26)32)31(10-9-24(34)35)20-14-29(4,5)16-22(33)27(20)25/h1,7-8,12,25H,9-11,13-16H2,2-5H3,(H,34,35). The molecule has 0 unspecified atom stereocenters. The maximum atomic E-state index is 13.8. The van der Waals surface area contributed by atoms with Crippen LogP contribution in [0, 0.1) is 23.2 Å². The first-order chi connectivity index (χ1) is 16.8. The lowest BCUT2D eigenvalue weighted by Crippen LogP contribution is -2.45. The van der Waals surface area contributed by atoms with Crippen molar-refractivity contribution in [3.8, 4) is 18.1 Å². The van der Waals surface area contributed by atoms with Crippen LogP contribution in [0.3, 0.4) is 0 Å². The third-order valence-corrected chi connectivity index (χ3v) is 7.40. The molecule has 0 bridgehead atoms. The highest BCUT2D eigenvalue weighted by molar-refractivity contribution is 6.30. The van der Waals surface area contributed by atoms with E-state index in [1.165, 1.54) is 0 Å². The summed E-state index contributed by atoms with van der Waals surface area (Å²) in [4.78, 5) is 41.1. The Morgan fingerprint density at radius 2 is 1.64 bits per heavy atom. The molecule has 0 saturated carbocycles. The number of carbonyl (C=O) groups is 3. The van der Waals surface area contributed by atoms with Crippen LogP contribution < -0.4 is 4.74 Å². The molecule has 3 aliphatic rings. The van der Waals surface area contributed by atoms with Crippen molar-refractivity contribution in [2.24, 2.45) is 10.8 Å². The number of rotatable bonds is 6. The Morgan fingerprint density at radius 1 is 1.08 bits per heavy atom. The average Bonchev–Trinajstić information content (AvgIpc) is 2.74. The number of hydrogen-bond acceptors (Lipinski definition) is 5. The van der Waals surface area contributed by atoms with Crippen molar-refractivity contribution in [2.75, 3.05) is 13.2 Å². The molecule has 2 aliphatic carbocycles. The number of ketones is 2. The Balaban J connectivity index is 2.02. The molecule has 190 valence electrons. The molecule has 4 rings (SSSR count). The number of aliphatic carboxylic acids is 1. The molecule has 0 saturated heterocycles. The average molecular weight is 510 g/mol. The van der Waals surface area contributed by atoms with Gasteiger partial charge in [-0.2, -0.15) is 0 Å². The van der Waals surface area contributed by atoms with Crippen molar-refractivity contribution in [1.29, 1.82) is 0 Å². The van der Waals surface area contributed by atoms with E-state index < -0.39 is 11.9 Å². The number of carbonyl (C=O) groups excluding carboxylic acids is 2. The minimum Gasteiger partial charge on any atom is -0.481 e. The normalized spacial score (nSPS) is 21.2. The summed E-state index contributed by atoms with van der Waals surface area (Å²) in [5.74, 6) is 1.30. The van der Waals surface area contributed by atoms with Gasteiger partial charge in [-0.15, -0.1) is 6.42 Å². The fraction of sp³-hybridized carbons (Fsp3) is 0.483. The van der Waals surface area contributed by atoms with Crippen molar-refractivity contribution in [2.45, 2.75) is 65.7 Å². The van der Waals surface area contributed by atoms with E-state index in [0.717, 1.165) is 11.4 Å². The zero-order valence-corrected chi connectivity index (χ0v) is 22.0. The topological polar surface area (TPSA) is 83.9 Å². The SMILES string of the molecule is C#CCOc1ccc(Cl)cc1C1C2=C(CC(C)(C)CC2=O)N(CCC(=O)O)C2=C1C(=O)CC(C)(C)C2. The van der Waals surface area contributed by atoms with Gasteiger partial charge in [0.15, 0.2) is 11.6 Å². The van der Waals surface area contributed by atoms with Crippen molar-refractivity contribution >= 4 is 29.1 Å². The first kappa shape index (κ1) is 26.0. The minimum atomic E-state index is -0.927. The molecular weight excluding hydrogens is 478 g/mol. The fourth-order valence-corrected chi connectivity index (χ4v) is 6.01. The van der Waals surface area contributed by atoms with Gasteiger partial charge in [0.1, 0.15) is 12.4 Å². The third-order valence-electron chi connectivity index (χ3n) is 7.16. The van der Waals surface area contributed by atoms with Gasteiger partial charge in [-0.1, -0.05) is 45.2 Å². The number of allylic oxidation sites excluding steroid dienone is 4. The maximum Gasteiger partial charge on any atom is 0.305 e. The lowest BCUT2D eigenvalue weighted by atomic mass is 9.63. The number of carboxylic acid groups (broad SMARTS) is 1. The lowest BCUT2D eigenvalue weighted by molar-refractivity contribution is -0.137. The number of benzene rings is 1. The quantitative estimate of drug-likeness (QED) is 0.509. The molecular formula is C29H32ClNO5. The van der Waals surface area contributed by atoms with E-state index in [9.17, 15) is 19.5 Å². The molecule has 1 aromatic carbocycles. The predicted octanol–water partition coefficient (Wildman–Crippen LogP) is 5.51. The summed E-state index contributed by atoms with van der Waals surface area (Å²) < 4.78 is 5.86. The van der Waals surface area contributed by atoms with Gasteiger partial charge >= 0.3 is 5.97 Å². The number of nitrogens with zero attached hydrogens (tertiary/aromatic N) is 1. The van der Waals surface area contributed by atoms with E-state index >= 15 is 0 Å². The van der Waals surface area contributed by atoms with E-state index in [0.29, 0.717) is 53.2 Å². The van der Waals surface area contributed by atoms with Gasteiger partial charge in [0.25, 0.3) is 0 Å². The lowest BCUT2D eigenvalue weighted by Gasteiger charge is -2.49. The monoisotopic (exact) mass is 509 g/mol. The Labute approximate surface area is 217 Å². The number of ether oxygens (including phenoxy) is 1. The van der Waals surface area contributed by atoms with Crippen LogP contribution >= 0.6 is 11.6 Å². The van der Waals surface area contributed by atoms with Crippen LogP contribution in [0.4, 0.5) is 0 Å². The van der Waals surface area contributed by atoms with Crippen LogP contribution in [-0.4, -0.2) is 40.7 Å². The van der Waals surface area contributed by atoms with Crippen molar-refractivity contribution in [3.63, 3.8) is 0 Å². The summed E-state index contributed by atoms with van der Waals surface area (Å²) >= 11 is 6.42. The minimum absolute atomic E-state index is 0.0336. The van der Waals surface area contributed by atoms with Gasteiger partial charge in [0, 0.05) is 58.4 Å². The highest BCUT2D eigenvalue weighted by Crippen LogP contribution is 2.55. The molecule has 0 amide bonds. The molecule has 7 heteroatoms. The number of Topliss-reactive ketones (excluding diaryl/α,β-unsaturated/α-hetero) is 2. The number of terminal acetylenes is 1. The van der Waals surface area contributed by atoms with Crippen LogP contribution in [0.25, 0.3) is 0 Å². The van der Waals surface area contributed by atoms with Crippen molar-refractivity contribution < 1.29 is 24.2 Å². The zero-order chi connectivity index (χ0) is 26.4. The third kappa shape index (κ3) is 4.95. The highest BCUT2D eigenvalue weighted by Gasteiger charge is 2.49. The first-order valence-electron chi connectivity index (χ1n) is 12.2. The number of hydrogen-bond donors (Lipinski definition) is 1. The molecule has 1 N–H and O–H groups in total. The fourth-order valence-electron chi connectivity index (χ4n) is 5.83. The second kappa shape index (κ2) is 9.44. The van der Waals surface area contributed by atoms with Gasteiger partial charge in [-0.25, -0.2) is 0 Å². The number of halogens is 1. The van der Waals surface area contributed by atoms with Gasteiger partial charge in [0.2, 0.25) is 0 Å². The van der Waals surface area contributed by atoms with Gasteiger partial charge in [0.05, 0.1) is 6.42 Å². The Hall–Kier alpha value is -3.04. The Kier molecular flexibility index (Phi) is 6.83. The largest absolute Gasteiger partial charge is 0.481 e. The second-order valence-electron chi connectivity index (χ2n) is 11.5. The molecule has 0 radical (unpaired) electrons. The molecule has 6 nitrogen and oxygen atoms in total. The summed E-state index contributed by atoms with van der Waals surface area (Å²) in [7, 11) is 0.